The van der Waals surface area contributed by atoms with Crippen molar-refractivity contribution in [2.75, 3.05) is 20.3 Å². The molecule has 9 heteroatoms. The average Bonchev–Trinajstić information content (AvgIpc) is 2.89. The summed E-state index contributed by atoms with van der Waals surface area (Å²) in [6.45, 7) is 11.3. The molecule has 0 aliphatic carbocycles. The molecule has 36 heavy (non-hydrogen) atoms. The Morgan fingerprint density at radius 2 is 1.31 bits per heavy atom. The molecule has 202 valence electrons. The highest BCUT2D eigenvalue weighted by molar-refractivity contribution is 5.79. The predicted octanol–water partition coefficient (Wildman–Crippen LogP) is 3.85. The molecule has 1 aromatic carbocycles. The van der Waals surface area contributed by atoms with Crippen molar-refractivity contribution in [3.05, 3.63) is 23.8 Å². The highest BCUT2D eigenvalue weighted by Crippen LogP contribution is 2.31. The maximum atomic E-state index is 12.5. The molecule has 0 amide bonds. The first kappa shape index (κ1) is 31.1. The van der Waals surface area contributed by atoms with Gasteiger partial charge in [0.2, 0.25) is 0 Å². The lowest BCUT2D eigenvalue weighted by Gasteiger charge is -2.19. The van der Waals surface area contributed by atoms with E-state index in [9.17, 15) is 19.2 Å². The quantitative estimate of drug-likeness (QED) is 0.215. The van der Waals surface area contributed by atoms with E-state index in [-0.39, 0.29) is 54.8 Å². The van der Waals surface area contributed by atoms with Gasteiger partial charge in [-0.25, -0.2) is 0 Å². The maximum absolute atomic E-state index is 12.5. The van der Waals surface area contributed by atoms with Gasteiger partial charge in [0.1, 0.15) is 12.6 Å². The van der Waals surface area contributed by atoms with Crippen LogP contribution < -0.4 is 14.8 Å². The van der Waals surface area contributed by atoms with Crippen molar-refractivity contribution in [1.82, 2.24) is 5.32 Å². The first-order chi connectivity index (χ1) is 17.1. The lowest BCUT2D eigenvalue weighted by molar-refractivity contribution is -0.148. The van der Waals surface area contributed by atoms with Crippen LogP contribution in [-0.2, 0) is 35.1 Å². The third kappa shape index (κ3) is 9.97. The van der Waals surface area contributed by atoms with E-state index in [0.29, 0.717) is 24.8 Å². The summed E-state index contributed by atoms with van der Waals surface area (Å²) >= 11 is 0. The van der Waals surface area contributed by atoms with Crippen molar-refractivity contribution in [1.29, 1.82) is 0 Å². The zero-order valence-electron chi connectivity index (χ0n) is 22.6. The predicted molar refractivity (Wildman–Crippen MR) is 135 cm³/mol. The third-order valence-corrected chi connectivity index (χ3v) is 6.14. The molecule has 9 nitrogen and oxygen atoms in total. The maximum Gasteiger partial charge on any atom is 0.323 e. The van der Waals surface area contributed by atoms with E-state index in [1.807, 2.05) is 20.8 Å². The van der Waals surface area contributed by atoms with Crippen LogP contribution in [0.3, 0.4) is 0 Å². The monoisotopic (exact) mass is 507 g/mol. The Kier molecular flexibility index (Phi) is 13.8. The number of ether oxygens (including phenoxy) is 4. The Hall–Kier alpha value is -2.94. The van der Waals surface area contributed by atoms with E-state index in [1.54, 1.807) is 39.0 Å². The van der Waals surface area contributed by atoms with Gasteiger partial charge in [-0.3, -0.25) is 19.2 Å². The van der Waals surface area contributed by atoms with Crippen molar-refractivity contribution in [2.24, 2.45) is 17.8 Å². The third-order valence-electron chi connectivity index (χ3n) is 6.14. The van der Waals surface area contributed by atoms with Gasteiger partial charge in [-0.2, -0.15) is 0 Å². The van der Waals surface area contributed by atoms with Gasteiger partial charge >= 0.3 is 23.9 Å². The highest BCUT2D eigenvalue weighted by Gasteiger charge is 2.23. The summed E-state index contributed by atoms with van der Waals surface area (Å²) in [6.07, 6.45) is 2.09. The molecular formula is C27H41NO8. The van der Waals surface area contributed by atoms with Crippen LogP contribution >= 0.6 is 0 Å². The largest absolute Gasteiger partial charge is 0.468 e. The summed E-state index contributed by atoms with van der Waals surface area (Å²) in [5, 5.41) is 3.04. The van der Waals surface area contributed by atoms with Gasteiger partial charge in [0, 0.05) is 6.54 Å². The molecular weight excluding hydrogens is 466 g/mol. The Morgan fingerprint density at radius 1 is 0.778 bits per heavy atom. The summed E-state index contributed by atoms with van der Waals surface area (Å²) in [5.41, 5.74) is 0.657. The van der Waals surface area contributed by atoms with Gasteiger partial charge in [-0.1, -0.05) is 47.6 Å². The minimum absolute atomic E-state index is 0.110. The Morgan fingerprint density at radius 3 is 1.83 bits per heavy atom. The van der Waals surface area contributed by atoms with Gasteiger partial charge in [0.15, 0.2) is 11.5 Å². The first-order valence-electron chi connectivity index (χ1n) is 12.6. The van der Waals surface area contributed by atoms with Crippen molar-refractivity contribution in [2.45, 2.75) is 73.3 Å². The van der Waals surface area contributed by atoms with Crippen LogP contribution in [0.1, 0.15) is 66.4 Å². The van der Waals surface area contributed by atoms with Crippen molar-refractivity contribution in [3.8, 4) is 11.5 Å². The number of hydrogen-bond acceptors (Lipinski definition) is 9. The molecule has 0 aliphatic rings. The molecule has 4 atom stereocenters. The Balaban J connectivity index is 3.04. The number of hydrogen-bond donors (Lipinski definition) is 1. The molecule has 1 rings (SSSR count). The van der Waals surface area contributed by atoms with E-state index in [1.165, 1.54) is 7.11 Å². The van der Waals surface area contributed by atoms with Crippen molar-refractivity contribution >= 4 is 23.9 Å². The highest BCUT2D eigenvalue weighted by atomic mass is 16.6. The normalized spacial score (nSPS) is 14.2. The summed E-state index contributed by atoms with van der Waals surface area (Å²) < 4.78 is 21.2. The molecule has 0 saturated heterocycles. The zero-order chi connectivity index (χ0) is 27.3. The van der Waals surface area contributed by atoms with E-state index in [2.05, 4.69) is 5.32 Å². The van der Waals surface area contributed by atoms with Gasteiger partial charge in [0.25, 0.3) is 0 Å². The van der Waals surface area contributed by atoms with Gasteiger partial charge in [-0.15, -0.1) is 0 Å². The Labute approximate surface area is 214 Å². The lowest BCUT2D eigenvalue weighted by Crippen LogP contribution is -2.41. The molecule has 0 aromatic heterocycles. The molecule has 1 aromatic rings. The summed E-state index contributed by atoms with van der Waals surface area (Å²) in [6, 6.07) is 4.10. The lowest BCUT2D eigenvalue weighted by atomic mass is 10.0. The van der Waals surface area contributed by atoms with Gasteiger partial charge in [0.05, 0.1) is 24.9 Å². The van der Waals surface area contributed by atoms with Crippen LogP contribution in [0.15, 0.2) is 18.2 Å². The summed E-state index contributed by atoms with van der Waals surface area (Å²) in [7, 11) is 1.29. The number of carbonyl (C=O) groups is 4. The topological polar surface area (TPSA) is 117 Å². The number of methoxy groups -OCH3 is 1. The molecule has 3 unspecified atom stereocenters. The van der Waals surface area contributed by atoms with Crippen molar-refractivity contribution in [3.63, 3.8) is 0 Å². The summed E-state index contributed by atoms with van der Waals surface area (Å²) in [5.74, 6) is -2.24. The van der Waals surface area contributed by atoms with E-state index < -0.39 is 23.9 Å². The molecule has 0 spiro atoms. The summed E-state index contributed by atoms with van der Waals surface area (Å²) in [4.78, 5) is 49.0. The standard InChI is InChI=1S/C27H41NO8/c1-8-17(4)24(29)34-14-13-28-21(27(32)33-7)15-20-11-12-22(35-25(30)18(5)9-2)23(16-20)36-26(31)19(6)10-3/h11-12,16-19,21,28H,8-10,13-15H2,1-7H3/t17?,18?,19?,21-/m0/s1. The molecule has 0 aliphatic heterocycles. The molecule has 0 radical (unpaired) electrons. The van der Waals surface area contributed by atoms with Gasteiger partial charge < -0.3 is 24.3 Å². The Bertz CT molecular complexity index is 885. The van der Waals surface area contributed by atoms with Crippen LogP contribution in [0.2, 0.25) is 0 Å². The molecule has 0 saturated carbocycles. The molecule has 1 N–H and O–H groups in total. The average molecular weight is 508 g/mol. The number of nitrogens with one attached hydrogen (secondary N) is 1. The molecule has 0 bridgehead atoms. The second-order valence-electron chi connectivity index (χ2n) is 8.95. The first-order valence-corrected chi connectivity index (χ1v) is 12.6. The van der Waals surface area contributed by atoms with E-state index in [4.69, 9.17) is 18.9 Å². The van der Waals surface area contributed by atoms with Crippen LogP contribution in [0, 0.1) is 17.8 Å². The number of benzene rings is 1. The van der Waals surface area contributed by atoms with E-state index in [0.717, 1.165) is 0 Å². The van der Waals surface area contributed by atoms with Gasteiger partial charge in [-0.05, 0) is 43.4 Å². The zero-order valence-corrected chi connectivity index (χ0v) is 22.6. The fourth-order valence-electron chi connectivity index (χ4n) is 2.91. The number of carbonyl (C=O) groups excluding carboxylic acids is 4. The van der Waals surface area contributed by atoms with Crippen LogP contribution in [0.5, 0.6) is 11.5 Å². The van der Waals surface area contributed by atoms with Crippen LogP contribution in [-0.4, -0.2) is 50.2 Å². The molecule has 0 heterocycles. The number of esters is 4. The van der Waals surface area contributed by atoms with Crippen molar-refractivity contribution < 1.29 is 38.1 Å². The minimum atomic E-state index is -0.732. The minimum Gasteiger partial charge on any atom is -0.468 e. The van der Waals surface area contributed by atoms with Crippen LogP contribution in [0.25, 0.3) is 0 Å². The second kappa shape index (κ2) is 15.9. The van der Waals surface area contributed by atoms with E-state index >= 15 is 0 Å². The fraction of sp³-hybridized carbons (Fsp3) is 0.630. The second-order valence-corrected chi connectivity index (χ2v) is 8.95. The molecule has 0 fully saturated rings. The number of rotatable bonds is 15. The SMILES string of the molecule is CCC(C)C(=O)OCCN[C@@H](Cc1ccc(OC(=O)C(C)CC)c(OC(=O)C(C)CC)c1)C(=O)OC. The smallest absolute Gasteiger partial charge is 0.323 e. The fourth-order valence-corrected chi connectivity index (χ4v) is 2.91. The van der Waals surface area contributed by atoms with Crippen LogP contribution in [0.4, 0.5) is 0 Å².